The van der Waals surface area contributed by atoms with E-state index in [4.69, 9.17) is 5.73 Å². The first-order valence-electron chi connectivity index (χ1n) is 6.16. The maximum Gasteiger partial charge on any atom is 0.0178 e. The van der Waals surface area contributed by atoms with Crippen molar-refractivity contribution >= 4 is 15.9 Å². The molecule has 16 heavy (non-hydrogen) atoms. The van der Waals surface area contributed by atoms with E-state index in [2.05, 4.69) is 41.1 Å². The first-order chi connectivity index (χ1) is 7.65. The van der Waals surface area contributed by atoms with Crippen molar-refractivity contribution in [3.8, 4) is 0 Å². The van der Waals surface area contributed by atoms with Gasteiger partial charge in [-0.2, -0.15) is 0 Å². The van der Waals surface area contributed by atoms with Crippen LogP contribution in [0.3, 0.4) is 0 Å². The lowest BCUT2D eigenvalue weighted by Gasteiger charge is -2.26. The summed E-state index contributed by atoms with van der Waals surface area (Å²) in [6.07, 6.45) is 6.23. The lowest BCUT2D eigenvalue weighted by atomic mass is 9.82. The van der Waals surface area contributed by atoms with E-state index in [0.717, 1.165) is 5.92 Å². The molecule has 1 aromatic rings. The summed E-state index contributed by atoms with van der Waals surface area (Å²) in [5.41, 5.74) is 8.85. The van der Waals surface area contributed by atoms with E-state index in [9.17, 15) is 0 Å². The van der Waals surface area contributed by atoms with E-state index in [1.807, 2.05) is 0 Å². The van der Waals surface area contributed by atoms with Crippen molar-refractivity contribution < 1.29 is 0 Å². The number of rotatable bonds is 2. The molecule has 1 fully saturated rings. The van der Waals surface area contributed by atoms with Crippen molar-refractivity contribution in [2.24, 2.45) is 11.7 Å². The third-order valence-electron chi connectivity index (χ3n) is 3.71. The van der Waals surface area contributed by atoms with Gasteiger partial charge >= 0.3 is 0 Å². The van der Waals surface area contributed by atoms with Crippen molar-refractivity contribution in [3.63, 3.8) is 0 Å². The van der Waals surface area contributed by atoms with Crippen LogP contribution in [0.2, 0.25) is 0 Å². The molecule has 0 heterocycles. The van der Waals surface area contributed by atoms with E-state index < -0.39 is 0 Å². The molecule has 0 atom stereocenters. The second-order valence-corrected chi connectivity index (χ2v) is 5.97. The summed E-state index contributed by atoms with van der Waals surface area (Å²) in [6.45, 7) is 2.20. The summed E-state index contributed by atoms with van der Waals surface area (Å²) < 4.78 is 1.20. The van der Waals surface area contributed by atoms with Crippen LogP contribution in [-0.4, -0.2) is 6.04 Å². The fourth-order valence-corrected chi connectivity index (χ4v) is 2.97. The van der Waals surface area contributed by atoms with E-state index in [1.165, 1.54) is 47.7 Å². The van der Waals surface area contributed by atoms with Gasteiger partial charge in [0.05, 0.1) is 0 Å². The predicted molar refractivity (Wildman–Crippen MR) is 72.5 cm³/mol. The Balaban J connectivity index is 2.00. The van der Waals surface area contributed by atoms with Crippen molar-refractivity contribution in [2.75, 3.05) is 0 Å². The zero-order valence-electron chi connectivity index (χ0n) is 9.88. The molecule has 1 aliphatic rings. The average molecular weight is 282 g/mol. The fourth-order valence-electron chi connectivity index (χ4n) is 2.56. The Morgan fingerprint density at radius 2 is 1.94 bits per heavy atom. The molecule has 1 saturated carbocycles. The molecule has 1 aromatic carbocycles. The molecular weight excluding hydrogens is 262 g/mol. The average Bonchev–Trinajstić information content (AvgIpc) is 2.27. The minimum atomic E-state index is 0.458. The Labute approximate surface area is 107 Å². The van der Waals surface area contributed by atoms with Crippen molar-refractivity contribution in [1.29, 1.82) is 0 Å². The highest BCUT2D eigenvalue weighted by molar-refractivity contribution is 9.10. The Bertz CT molecular complexity index is 354. The zero-order chi connectivity index (χ0) is 11.5. The summed E-state index contributed by atoms with van der Waals surface area (Å²) in [5, 5.41) is 0. The van der Waals surface area contributed by atoms with Gasteiger partial charge in [-0.05, 0) is 68.2 Å². The van der Waals surface area contributed by atoms with E-state index in [-0.39, 0.29) is 0 Å². The van der Waals surface area contributed by atoms with Gasteiger partial charge in [-0.25, -0.2) is 0 Å². The summed E-state index contributed by atoms with van der Waals surface area (Å²) in [4.78, 5) is 0. The third-order valence-corrected chi connectivity index (χ3v) is 4.20. The molecular formula is C14H20BrN. The smallest absolute Gasteiger partial charge is 0.0178 e. The van der Waals surface area contributed by atoms with Gasteiger partial charge in [0.1, 0.15) is 0 Å². The van der Waals surface area contributed by atoms with Crippen LogP contribution in [0, 0.1) is 12.8 Å². The number of aryl methyl sites for hydroxylation is 1. The molecule has 0 aliphatic heterocycles. The van der Waals surface area contributed by atoms with Crippen LogP contribution < -0.4 is 5.73 Å². The molecule has 1 nitrogen and oxygen atoms in total. The highest BCUT2D eigenvalue weighted by Gasteiger charge is 2.19. The molecule has 0 saturated heterocycles. The second kappa shape index (κ2) is 5.33. The van der Waals surface area contributed by atoms with Crippen LogP contribution in [0.15, 0.2) is 22.7 Å². The number of hydrogen-bond acceptors (Lipinski definition) is 1. The fraction of sp³-hybridized carbons (Fsp3) is 0.571. The van der Waals surface area contributed by atoms with Crippen LogP contribution in [0.5, 0.6) is 0 Å². The van der Waals surface area contributed by atoms with Crippen LogP contribution in [0.25, 0.3) is 0 Å². The summed E-state index contributed by atoms with van der Waals surface area (Å²) in [6, 6.07) is 7.05. The van der Waals surface area contributed by atoms with Crippen LogP contribution in [0.4, 0.5) is 0 Å². The van der Waals surface area contributed by atoms with Crippen LogP contribution >= 0.6 is 15.9 Å². The molecule has 2 N–H and O–H groups in total. The molecule has 2 heteroatoms. The third kappa shape index (κ3) is 3.08. The maximum atomic E-state index is 5.94. The lowest BCUT2D eigenvalue weighted by Crippen LogP contribution is -2.27. The van der Waals surface area contributed by atoms with E-state index >= 15 is 0 Å². The van der Waals surface area contributed by atoms with Gasteiger partial charge in [-0.1, -0.05) is 22.0 Å². The van der Waals surface area contributed by atoms with Gasteiger partial charge in [-0.15, -0.1) is 0 Å². The molecule has 0 bridgehead atoms. The maximum absolute atomic E-state index is 5.94. The summed E-state index contributed by atoms with van der Waals surface area (Å²) in [5.74, 6) is 0.841. The number of nitrogens with two attached hydrogens (primary N) is 1. The minimum Gasteiger partial charge on any atom is -0.328 e. The van der Waals surface area contributed by atoms with E-state index in [0.29, 0.717) is 6.04 Å². The molecule has 2 rings (SSSR count). The molecule has 0 amide bonds. The van der Waals surface area contributed by atoms with Crippen LogP contribution in [-0.2, 0) is 6.42 Å². The molecule has 1 aliphatic carbocycles. The summed E-state index contributed by atoms with van der Waals surface area (Å²) in [7, 11) is 0. The summed E-state index contributed by atoms with van der Waals surface area (Å²) >= 11 is 3.55. The van der Waals surface area contributed by atoms with Crippen molar-refractivity contribution in [2.45, 2.75) is 45.1 Å². The van der Waals surface area contributed by atoms with E-state index in [1.54, 1.807) is 0 Å². The van der Waals surface area contributed by atoms with Gasteiger partial charge in [0.25, 0.3) is 0 Å². The second-order valence-electron chi connectivity index (χ2n) is 5.06. The zero-order valence-corrected chi connectivity index (χ0v) is 11.5. The number of benzene rings is 1. The largest absolute Gasteiger partial charge is 0.328 e. The quantitative estimate of drug-likeness (QED) is 0.876. The van der Waals surface area contributed by atoms with Crippen LogP contribution in [0.1, 0.15) is 36.8 Å². The highest BCUT2D eigenvalue weighted by Crippen LogP contribution is 2.28. The topological polar surface area (TPSA) is 26.0 Å². The lowest BCUT2D eigenvalue weighted by molar-refractivity contribution is 0.324. The Morgan fingerprint density at radius 3 is 2.62 bits per heavy atom. The Hall–Kier alpha value is -0.340. The first kappa shape index (κ1) is 12.1. The number of halogens is 1. The SMILES string of the molecule is Cc1ccc(Br)cc1CC1CCC(N)CC1. The highest BCUT2D eigenvalue weighted by atomic mass is 79.9. The minimum absolute atomic E-state index is 0.458. The first-order valence-corrected chi connectivity index (χ1v) is 6.95. The predicted octanol–water partition coefficient (Wildman–Crippen LogP) is 3.82. The molecule has 0 aromatic heterocycles. The normalized spacial score (nSPS) is 25.7. The van der Waals surface area contributed by atoms with Crippen molar-refractivity contribution in [1.82, 2.24) is 0 Å². The Morgan fingerprint density at radius 1 is 1.25 bits per heavy atom. The van der Waals surface area contributed by atoms with Crippen molar-refractivity contribution in [3.05, 3.63) is 33.8 Å². The van der Waals surface area contributed by atoms with Gasteiger partial charge in [0.15, 0.2) is 0 Å². The molecule has 0 radical (unpaired) electrons. The molecule has 0 unspecified atom stereocenters. The monoisotopic (exact) mass is 281 g/mol. The van der Waals surface area contributed by atoms with Gasteiger partial charge < -0.3 is 5.73 Å². The van der Waals surface area contributed by atoms with Gasteiger partial charge in [0, 0.05) is 10.5 Å². The Kier molecular flexibility index (Phi) is 4.04. The van der Waals surface area contributed by atoms with Gasteiger partial charge in [0.2, 0.25) is 0 Å². The molecule has 88 valence electrons. The molecule has 0 spiro atoms. The standard InChI is InChI=1S/C14H20BrN/c1-10-2-5-13(15)9-12(10)8-11-3-6-14(16)7-4-11/h2,5,9,11,14H,3-4,6-8,16H2,1H3. The number of hydrogen-bond donors (Lipinski definition) is 1. The van der Waals surface area contributed by atoms with Gasteiger partial charge in [-0.3, -0.25) is 0 Å².